The summed E-state index contributed by atoms with van der Waals surface area (Å²) in [6, 6.07) is 3.90. The van der Waals surface area contributed by atoms with E-state index in [1.807, 2.05) is 19.1 Å². The lowest BCUT2D eigenvalue weighted by molar-refractivity contribution is -0.141. The molecule has 17 heavy (non-hydrogen) atoms. The summed E-state index contributed by atoms with van der Waals surface area (Å²) in [6.45, 7) is 1.89. The Labute approximate surface area is 103 Å². The zero-order valence-corrected chi connectivity index (χ0v) is 10.4. The fraction of sp³-hybridized carbons (Fsp3) is 0.455. The van der Waals surface area contributed by atoms with E-state index in [-0.39, 0.29) is 13.1 Å². The highest BCUT2D eigenvalue weighted by Gasteiger charge is 2.14. The normalized spacial score (nSPS) is 10.7. The fourth-order valence-corrected chi connectivity index (χ4v) is 2.47. The van der Waals surface area contributed by atoms with Crippen LogP contribution < -0.4 is 0 Å². The first-order valence-electron chi connectivity index (χ1n) is 5.24. The minimum Gasteiger partial charge on any atom is -0.480 e. The lowest BCUT2D eigenvalue weighted by atomic mass is 10.3. The van der Waals surface area contributed by atoms with Crippen LogP contribution in [0.1, 0.15) is 16.7 Å². The summed E-state index contributed by atoms with van der Waals surface area (Å²) >= 11 is 1.59. The van der Waals surface area contributed by atoms with Crippen LogP contribution in [0.4, 0.5) is 0 Å². The van der Waals surface area contributed by atoms with E-state index < -0.39 is 11.9 Å². The molecule has 0 aromatic carbocycles. The topological polar surface area (TPSA) is 77.8 Å². The van der Waals surface area contributed by atoms with Crippen LogP contribution in [0.15, 0.2) is 12.1 Å². The number of carboxylic acids is 2. The Balaban J connectivity index is 2.64. The summed E-state index contributed by atoms with van der Waals surface area (Å²) in [5.41, 5.74) is 0. The molecular weight excluding hydrogens is 242 g/mol. The van der Waals surface area contributed by atoms with E-state index in [9.17, 15) is 9.59 Å². The highest BCUT2D eigenvalue weighted by atomic mass is 32.1. The summed E-state index contributed by atoms with van der Waals surface area (Å²) < 4.78 is 0. The first kappa shape index (κ1) is 13.7. The maximum absolute atomic E-state index is 10.6. The van der Waals surface area contributed by atoms with Crippen LogP contribution in [-0.4, -0.2) is 40.1 Å². The van der Waals surface area contributed by atoms with Crippen molar-refractivity contribution in [3.8, 4) is 0 Å². The molecule has 5 nitrogen and oxygen atoms in total. The van der Waals surface area contributed by atoms with Crippen molar-refractivity contribution >= 4 is 23.3 Å². The second-order valence-corrected chi connectivity index (χ2v) is 4.91. The van der Waals surface area contributed by atoms with Crippen LogP contribution in [0.3, 0.4) is 0 Å². The van der Waals surface area contributed by atoms with Crippen molar-refractivity contribution in [2.24, 2.45) is 0 Å². The Morgan fingerprint density at radius 1 is 1.18 bits per heavy atom. The van der Waals surface area contributed by atoms with Gasteiger partial charge in [-0.15, -0.1) is 11.3 Å². The zero-order chi connectivity index (χ0) is 12.8. The summed E-state index contributed by atoms with van der Waals surface area (Å²) in [5.74, 6) is -2.03. The lowest BCUT2D eigenvalue weighted by Crippen LogP contribution is -2.33. The van der Waals surface area contributed by atoms with Gasteiger partial charge in [0.15, 0.2) is 0 Å². The van der Waals surface area contributed by atoms with E-state index in [1.54, 1.807) is 11.3 Å². The second kappa shape index (κ2) is 6.36. The third-order valence-corrected chi connectivity index (χ3v) is 3.38. The number of aryl methyl sites for hydroxylation is 1. The van der Waals surface area contributed by atoms with E-state index in [0.29, 0.717) is 6.54 Å². The standard InChI is InChI=1S/C11H15NO4S/c1-2-8-3-4-9(17-8)5-12(6-10(13)14)7-11(15)16/h3-4H,2,5-7H2,1H3,(H,13,14)(H,15,16). The van der Waals surface area contributed by atoms with Gasteiger partial charge in [0.1, 0.15) is 0 Å². The summed E-state index contributed by atoms with van der Waals surface area (Å²) in [4.78, 5) is 24.8. The van der Waals surface area contributed by atoms with Gasteiger partial charge in [-0.3, -0.25) is 14.5 Å². The van der Waals surface area contributed by atoms with Gasteiger partial charge in [-0.25, -0.2) is 0 Å². The molecule has 0 radical (unpaired) electrons. The van der Waals surface area contributed by atoms with Crippen LogP contribution in [0.2, 0.25) is 0 Å². The number of rotatable bonds is 7. The third kappa shape index (κ3) is 4.97. The molecule has 1 aromatic heterocycles. The van der Waals surface area contributed by atoms with Crippen molar-refractivity contribution in [2.45, 2.75) is 19.9 Å². The first-order chi connectivity index (χ1) is 8.01. The van der Waals surface area contributed by atoms with Crippen molar-refractivity contribution in [3.63, 3.8) is 0 Å². The maximum Gasteiger partial charge on any atom is 0.317 e. The van der Waals surface area contributed by atoms with Gasteiger partial charge in [0.2, 0.25) is 0 Å². The van der Waals surface area contributed by atoms with E-state index >= 15 is 0 Å². The second-order valence-electron chi connectivity index (χ2n) is 3.65. The van der Waals surface area contributed by atoms with Crippen molar-refractivity contribution < 1.29 is 19.8 Å². The molecule has 0 saturated carbocycles. The van der Waals surface area contributed by atoms with Crippen molar-refractivity contribution in [1.82, 2.24) is 4.90 Å². The number of carbonyl (C=O) groups is 2. The molecule has 0 aliphatic heterocycles. The van der Waals surface area contributed by atoms with E-state index in [2.05, 4.69) is 0 Å². The molecular formula is C11H15NO4S. The predicted molar refractivity (Wildman–Crippen MR) is 64.2 cm³/mol. The lowest BCUT2D eigenvalue weighted by Gasteiger charge is -2.16. The molecule has 0 saturated heterocycles. The molecule has 0 bridgehead atoms. The SMILES string of the molecule is CCc1ccc(CN(CC(=O)O)CC(=O)O)s1. The van der Waals surface area contributed by atoms with Crippen LogP contribution in [0.5, 0.6) is 0 Å². The number of carboxylic acid groups (broad SMARTS) is 2. The summed E-state index contributed by atoms with van der Waals surface area (Å²) in [6.07, 6.45) is 0.933. The van der Waals surface area contributed by atoms with Gasteiger partial charge in [0.25, 0.3) is 0 Å². The number of hydrogen-bond donors (Lipinski definition) is 2. The highest BCUT2D eigenvalue weighted by molar-refractivity contribution is 7.11. The molecule has 0 aliphatic rings. The van der Waals surface area contributed by atoms with Gasteiger partial charge in [-0.1, -0.05) is 6.92 Å². The van der Waals surface area contributed by atoms with Gasteiger partial charge in [-0.05, 0) is 18.6 Å². The molecule has 0 fully saturated rings. The Bertz CT molecular complexity index is 386. The summed E-state index contributed by atoms with van der Waals surface area (Å²) in [7, 11) is 0. The molecule has 0 amide bonds. The van der Waals surface area contributed by atoms with Crippen LogP contribution >= 0.6 is 11.3 Å². The van der Waals surface area contributed by atoms with Gasteiger partial charge >= 0.3 is 11.9 Å². The quantitative estimate of drug-likeness (QED) is 0.769. The van der Waals surface area contributed by atoms with Crippen molar-refractivity contribution in [3.05, 3.63) is 21.9 Å². The summed E-state index contributed by atoms with van der Waals surface area (Å²) in [5, 5.41) is 17.4. The molecule has 6 heteroatoms. The van der Waals surface area contributed by atoms with Gasteiger partial charge in [0, 0.05) is 16.3 Å². The molecule has 0 atom stereocenters. The number of nitrogens with zero attached hydrogens (tertiary/aromatic N) is 1. The van der Waals surface area contributed by atoms with Gasteiger partial charge in [0.05, 0.1) is 13.1 Å². The third-order valence-electron chi connectivity index (χ3n) is 2.16. The highest BCUT2D eigenvalue weighted by Crippen LogP contribution is 2.18. The average Bonchev–Trinajstić information content (AvgIpc) is 2.63. The molecule has 94 valence electrons. The van der Waals surface area contributed by atoms with E-state index in [4.69, 9.17) is 10.2 Å². The Hall–Kier alpha value is -1.40. The zero-order valence-electron chi connectivity index (χ0n) is 9.55. The van der Waals surface area contributed by atoms with Crippen LogP contribution in [0, 0.1) is 0 Å². The fourth-order valence-electron chi connectivity index (χ4n) is 1.47. The molecule has 0 aliphatic carbocycles. The maximum atomic E-state index is 10.6. The largest absolute Gasteiger partial charge is 0.480 e. The Morgan fingerprint density at radius 2 is 1.71 bits per heavy atom. The number of hydrogen-bond acceptors (Lipinski definition) is 4. The Kier molecular flexibility index (Phi) is 5.11. The average molecular weight is 257 g/mol. The molecule has 0 unspecified atom stereocenters. The molecule has 1 heterocycles. The Morgan fingerprint density at radius 3 is 2.12 bits per heavy atom. The smallest absolute Gasteiger partial charge is 0.317 e. The van der Waals surface area contributed by atoms with Gasteiger partial charge in [-0.2, -0.15) is 0 Å². The van der Waals surface area contributed by atoms with Crippen LogP contribution in [-0.2, 0) is 22.6 Å². The van der Waals surface area contributed by atoms with Gasteiger partial charge < -0.3 is 10.2 Å². The molecule has 2 N–H and O–H groups in total. The monoisotopic (exact) mass is 257 g/mol. The molecule has 1 aromatic rings. The first-order valence-corrected chi connectivity index (χ1v) is 6.06. The minimum absolute atomic E-state index is 0.258. The molecule has 1 rings (SSSR count). The number of aliphatic carboxylic acids is 2. The van der Waals surface area contributed by atoms with Crippen molar-refractivity contribution in [1.29, 1.82) is 0 Å². The predicted octanol–water partition coefficient (Wildman–Crippen LogP) is 1.28. The van der Waals surface area contributed by atoms with E-state index in [0.717, 1.165) is 11.3 Å². The minimum atomic E-state index is -1.02. The van der Waals surface area contributed by atoms with Crippen molar-refractivity contribution in [2.75, 3.05) is 13.1 Å². The number of thiophene rings is 1. The van der Waals surface area contributed by atoms with Crippen LogP contribution in [0.25, 0.3) is 0 Å². The van der Waals surface area contributed by atoms with E-state index in [1.165, 1.54) is 9.78 Å². The molecule has 0 spiro atoms.